The second kappa shape index (κ2) is 5.38. The van der Waals surface area contributed by atoms with Gasteiger partial charge in [0.1, 0.15) is 5.56 Å². The van der Waals surface area contributed by atoms with Crippen LogP contribution < -0.4 is 14.8 Å². The minimum atomic E-state index is -0.545. The third kappa shape index (κ3) is 2.39. The van der Waals surface area contributed by atoms with Gasteiger partial charge in [-0.1, -0.05) is 0 Å². The molecule has 1 amide bonds. The Labute approximate surface area is 132 Å². The van der Waals surface area contributed by atoms with Crippen molar-refractivity contribution in [3.8, 4) is 11.5 Å². The predicted molar refractivity (Wildman–Crippen MR) is 79.6 cm³/mol. The molecule has 3 aliphatic rings. The third-order valence-electron chi connectivity index (χ3n) is 4.80. The summed E-state index contributed by atoms with van der Waals surface area (Å²) < 4.78 is 10.4. The van der Waals surface area contributed by atoms with Gasteiger partial charge in [-0.05, 0) is 25.3 Å². The number of nitrogens with one attached hydrogen (secondary N) is 1. The highest BCUT2D eigenvalue weighted by Gasteiger charge is 2.39. The van der Waals surface area contributed by atoms with Crippen molar-refractivity contribution < 1.29 is 19.2 Å². The third-order valence-corrected chi connectivity index (χ3v) is 4.80. The van der Waals surface area contributed by atoms with Crippen molar-refractivity contribution in [1.82, 2.24) is 10.2 Å². The lowest BCUT2D eigenvalue weighted by Crippen LogP contribution is -2.41. The Morgan fingerprint density at radius 1 is 1.30 bits per heavy atom. The highest BCUT2D eigenvalue weighted by Crippen LogP contribution is 2.39. The smallest absolute Gasteiger partial charge is 0.286 e. The van der Waals surface area contributed by atoms with Crippen LogP contribution in [0.2, 0.25) is 0 Å². The molecule has 0 unspecified atom stereocenters. The lowest BCUT2D eigenvalue weighted by molar-refractivity contribution is -0.385. The molecule has 0 bridgehead atoms. The fraction of sp³-hybridized carbons (Fsp3) is 0.533. The van der Waals surface area contributed by atoms with Crippen molar-refractivity contribution in [3.05, 3.63) is 27.8 Å². The first-order chi connectivity index (χ1) is 11.1. The van der Waals surface area contributed by atoms with Crippen LogP contribution in [0.15, 0.2) is 12.1 Å². The van der Waals surface area contributed by atoms with Crippen molar-refractivity contribution in [2.45, 2.75) is 18.9 Å². The number of likely N-dealkylation sites (tertiary alicyclic amines) is 1. The average molecular weight is 319 g/mol. The summed E-state index contributed by atoms with van der Waals surface area (Å²) in [5.74, 6) is 0.811. The molecular weight excluding hydrogens is 302 g/mol. The molecule has 1 aromatic carbocycles. The molecule has 4 rings (SSSR count). The number of fused-ring (bicyclic) bond motifs is 2. The average Bonchev–Trinajstić information content (AvgIpc) is 3.18. The maximum atomic E-state index is 12.8. The van der Waals surface area contributed by atoms with Gasteiger partial charge in [-0.3, -0.25) is 14.9 Å². The molecular formula is C15H17N3O5. The van der Waals surface area contributed by atoms with Gasteiger partial charge in [-0.25, -0.2) is 0 Å². The number of piperidine rings is 1. The summed E-state index contributed by atoms with van der Waals surface area (Å²) in [4.78, 5) is 25.3. The van der Waals surface area contributed by atoms with Crippen LogP contribution in [0.3, 0.4) is 0 Å². The molecule has 8 heteroatoms. The molecule has 3 aliphatic heterocycles. The van der Waals surface area contributed by atoms with E-state index in [1.807, 2.05) is 0 Å². The monoisotopic (exact) mass is 319 g/mol. The number of nitro benzene ring substituents is 1. The highest BCUT2D eigenvalue weighted by molar-refractivity contribution is 5.99. The summed E-state index contributed by atoms with van der Waals surface area (Å²) >= 11 is 0. The fourth-order valence-corrected chi connectivity index (χ4v) is 3.64. The molecule has 8 nitrogen and oxygen atoms in total. The van der Waals surface area contributed by atoms with Crippen LogP contribution in [0.4, 0.5) is 5.69 Å². The number of nitro groups is 1. The highest BCUT2D eigenvalue weighted by atomic mass is 16.7. The first kappa shape index (κ1) is 14.3. The maximum absolute atomic E-state index is 12.8. The minimum Gasteiger partial charge on any atom is -0.454 e. The SMILES string of the molecule is O=C(c1cc2c(cc1[N+](=O)[O-])OCO2)N1C[C@@H]2CCCN[C@@H]2C1. The minimum absolute atomic E-state index is 0.0158. The molecule has 0 saturated carbocycles. The number of nitrogens with zero attached hydrogens (tertiary/aromatic N) is 2. The zero-order chi connectivity index (χ0) is 16.0. The molecule has 1 aromatic rings. The maximum Gasteiger partial charge on any atom is 0.286 e. The van der Waals surface area contributed by atoms with Gasteiger partial charge in [0.05, 0.1) is 11.0 Å². The van der Waals surface area contributed by atoms with Crippen LogP contribution in [-0.2, 0) is 0 Å². The molecule has 0 aliphatic carbocycles. The van der Waals surface area contributed by atoms with Crippen molar-refractivity contribution in [1.29, 1.82) is 0 Å². The van der Waals surface area contributed by atoms with E-state index in [0.717, 1.165) is 19.4 Å². The van der Waals surface area contributed by atoms with E-state index in [9.17, 15) is 14.9 Å². The Morgan fingerprint density at radius 2 is 2.09 bits per heavy atom. The molecule has 0 radical (unpaired) electrons. The second-order valence-electron chi connectivity index (χ2n) is 6.15. The standard InChI is InChI=1S/C15H17N3O5/c19-15(17-6-9-2-1-3-16-11(9)7-17)10-4-13-14(23-8-22-13)5-12(10)18(20)21/h4-5,9,11,16H,1-3,6-8H2/t9-,11+/m0/s1. The van der Waals surface area contributed by atoms with E-state index in [2.05, 4.69) is 5.32 Å². The molecule has 2 fully saturated rings. The summed E-state index contributed by atoms with van der Waals surface area (Å²) in [6, 6.07) is 3.00. The van der Waals surface area contributed by atoms with E-state index in [0.29, 0.717) is 36.5 Å². The first-order valence-electron chi connectivity index (χ1n) is 7.74. The zero-order valence-electron chi connectivity index (χ0n) is 12.5. The number of ether oxygens (including phenoxy) is 2. The molecule has 2 atom stereocenters. The van der Waals surface area contributed by atoms with Crippen molar-refractivity contribution in [2.75, 3.05) is 26.4 Å². The van der Waals surface area contributed by atoms with Gasteiger partial charge in [0.25, 0.3) is 11.6 Å². The number of rotatable bonds is 2. The lowest BCUT2D eigenvalue weighted by Gasteiger charge is -2.24. The summed E-state index contributed by atoms with van der Waals surface area (Å²) in [5.41, 5.74) is -0.167. The number of amides is 1. The topological polar surface area (TPSA) is 93.9 Å². The Morgan fingerprint density at radius 3 is 2.83 bits per heavy atom. The van der Waals surface area contributed by atoms with Gasteiger partial charge in [0.15, 0.2) is 11.5 Å². The number of carbonyl (C=O) groups is 1. The van der Waals surface area contributed by atoms with Crippen molar-refractivity contribution in [3.63, 3.8) is 0 Å². The van der Waals surface area contributed by atoms with Crippen LogP contribution >= 0.6 is 0 Å². The fourth-order valence-electron chi connectivity index (χ4n) is 3.64. The van der Waals surface area contributed by atoms with Crippen LogP contribution in [-0.4, -0.2) is 48.2 Å². The normalized spacial score (nSPS) is 25.3. The van der Waals surface area contributed by atoms with Gasteiger partial charge >= 0.3 is 0 Å². The number of hydrogen-bond donors (Lipinski definition) is 1. The molecule has 0 aromatic heterocycles. The van der Waals surface area contributed by atoms with Gasteiger partial charge in [-0.2, -0.15) is 0 Å². The summed E-state index contributed by atoms with van der Waals surface area (Å²) in [6.07, 6.45) is 2.19. The second-order valence-corrected chi connectivity index (χ2v) is 6.15. The first-order valence-corrected chi connectivity index (χ1v) is 7.74. The van der Waals surface area contributed by atoms with Crippen molar-refractivity contribution >= 4 is 11.6 Å². The Balaban J connectivity index is 1.64. The molecule has 2 saturated heterocycles. The van der Waals surface area contributed by atoms with E-state index >= 15 is 0 Å². The lowest BCUT2D eigenvalue weighted by atomic mass is 9.94. The Bertz CT molecular complexity index is 663. The van der Waals surface area contributed by atoms with Gasteiger partial charge in [0.2, 0.25) is 6.79 Å². The van der Waals surface area contributed by atoms with Crippen molar-refractivity contribution in [2.24, 2.45) is 5.92 Å². The van der Waals surface area contributed by atoms with E-state index < -0.39 is 4.92 Å². The van der Waals surface area contributed by atoms with E-state index in [1.165, 1.54) is 12.1 Å². The molecule has 1 N–H and O–H groups in total. The number of hydrogen-bond acceptors (Lipinski definition) is 6. The van der Waals surface area contributed by atoms with E-state index in [4.69, 9.17) is 9.47 Å². The Kier molecular flexibility index (Phi) is 3.33. The summed E-state index contributed by atoms with van der Waals surface area (Å²) in [5, 5.41) is 14.7. The predicted octanol–water partition coefficient (Wildman–Crippen LogP) is 1.15. The molecule has 23 heavy (non-hydrogen) atoms. The largest absolute Gasteiger partial charge is 0.454 e. The van der Waals surface area contributed by atoms with Gasteiger partial charge < -0.3 is 19.7 Å². The Hall–Kier alpha value is -2.35. The van der Waals surface area contributed by atoms with Gasteiger partial charge in [0, 0.05) is 25.2 Å². The number of benzene rings is 1. The molecule has 0 spiro atoms. The summed E-state index contributed by atoms with van der Waals surface area (Å²) in [7, 11) is 0. The van der Waals surface area contributed by atoms with E-state index in [1.54, 1.807) is 4.90 Å². The quantitative estimate of drug-likeness (QED) is 0.649. The van der Waals surface area contributed by atoms with Crippen LogP contribution in [0.25, 0.3) is 0 Å². The zero-order valence-corrected chi connectivity index (χ0v) is 12.5. The van der Waals surface area contributed by atoms with Gasteiger partial charge in [-0.15, -0.1) is 0 Å². The van der Waals surface area contributed by atoms with E-state index in [-0.39, 0.29) is 24.0 Å². The van der Waals surface area contributed by atoms with Crippen LogP contribution in [0.5, 0.6) is 11.5 Å². The molecule has 122 valence electrons. The van der Waals surface area contributed by atoms with Crippen LogP contribution in [0.1, 0.15) is 23.2 Å². The summed E-state index contributed by atoms with van der Waals surface area (Å²) in [6.45, 7) is 2.21. The molecule has 3 heterocycles. The number of carbonyl (C=O) groups excluding carboxylic acids is 1. The van der Waals surface area contributed by atoms with Crippen LogP contribution in [0, 0.1) is 16.0 Å².